The molecule has 0 saturated heterocycles. The Morgan fingerprint density at radius 2 is 1.72 bits per heavy atom. The van der Waals surface area contributed by atoms with Crippen molar-refractivity contribution in [2.45, 2.75) is 38.1 Å². The molecule has 1 aliphatic rings. The summed E-state index contributed by atoms with van der Waals surface area (Å²) in [5.41, 5.74) is 1.42. The molecular formula is C19H20N4O2. The van der Waals surface area contributed by atoms with Crippen LogP contribution in [0, 0.1) is 5.92 Å². The van der Waals surface area contributed by atoms with Crippen LogP contribution in [0.4, 0.5) is 0 Å². The van der Waals surface area contributed by atoms with Crippen LogP contribution >= 0.6 is 0 Å². The van der Waals surface area contributed by atoms with Crippen molar-refractivity contribution in [2.75, 3.05) is 0 Å². The number of hydrogen-bond acceptors (Lipinski definition) is 5. The van der Waals surface area contributed by atoms with E-state index in [1.54, 1.807) is 23.0 Å². The highest BCUT2D eigenvalue weighted by Crippen LogP contribution is 2.36. The average Bonchev–Trinajstić information content (AvgIpc) is 3.04. The van der Waals surface area contributed by atoms with E-state index in [1.807, 2.05) is 0 Å². The second-order valence-electron chi connectivity index (χ2n) is 6.58. The molecule has 2 heterocycles. The maximum Gasteiger partial charge on any atom is 0.441 e. The van der Waals surface area contributed by atoms with Crippen molar-refractivity contribution in [3.05, 3.63) is 64.9 Å². The van der Waals surface area contributed by atoms with Gasteiger partial charge in [0.1, 0.15) is 0 Å². The monoisotopic (exact) mass is 336 g/mol. The first kappa shape index (κ1) is 15.7. The summed E-state index contributed by atoms with van der Waals surface area (Å²) >= 11 is 0. The third-order valence-electron chi connectivity index (χ3n) is 5.01. The summed E-state index contributed by atoms with van der Waals surface area (Å²) in [6, 6.07) is 12.4. The van der Waals surface area contributed by atoms with E-state index in [9.17, 15) is 4.79 Å². The molecular weight excluding hydrogens is 316 g/mol. The molecule has 0 bridgehead atoms. The fourth-order valence-electron chi connectivity index (χ4n) is 3.67. The van der Waals surface area contributed by atoms with Crippen LogP contribution in [-0.2, 0) is 6.54 Å². The zero-order chi connectivity index (χ0) is 17.1. The van der Waals surface area contributed by atoms with E-state index in [0.29, 0.717) is 30.0 Å². The van der Waals surface area contributed by atoms with Crippen LogP contribution in [0.2, 0.25) is 0 Å². The molecule has 0 atom stereocenters. The molecule has 6 heteroatoms. The van der Waals surface area contributed by atoms with Gasteiger partial charge in [0.25, 0.3) is 0 Å². The van der Waals surface area contributed by atoms with Crippen molar-refractivity contribution in [3.63, 3.8) is 0 Å². The number of benzene rings is 1. The molecule has 6 nitrogen and oxygen atoms in total. The molecule has 2 aromatic heterocycles. The Kier molecular flexibility index (Phi) is 4.41. The van der Waals surface area contributed by atoms with E-state index in [-0.39, 0.29) is 0 Å². The normalized spacial score (nSPS) is 20.5. The van der Waals surface area contributed by atoms with Crippen molar-refractivity contribution < 1.29 is 4.52 Å². The summed E-state index contributed by atoms with van der Waals surface area (Å²) < 4.78 is 6.43. The fraction of sp³-hybridized carbons (Fsp3) is 0.368. The van der Waals surface area contributed by atoms with Gasteiger partial charge in [-0.05, 0) is 49.1 Å². The number of hydrogen-bond donors (Lipinski definition) is 0. The minimum Gasteiger partial charge on any atom is -0.295 e. The SMILES string of the molecule is O=c1onc(-c2ncccn2)n1CC1CCC(c2ccccc2)CC1. The van der Waals surface area contributed by atoms with E-state index in [4.69, 9.17) is 4.52 Å². The Hall–Kier alpha value is -2.76. The Morgan fingerprint density at radius 1 is 1.00 bits per heavy atom. The minimum absolute atomic E-state index is 0.413. The first-order chi connectivity index (χ1) is 12.3. The summed E-state index contributed by atoms with van der Waals surface area (Å²) in [6.07, 6.45) is 7.74. The molecule has 0 N–H and O–H groups in total. The first-order valence-electron chi connectivity index (χ1n) is 8.70. The predicted octanol–water partition coefficient (Wildman–Crippen LogP) is 3.27. The van der Waals surface area contributed by atoms with Crippen LogP contribution in [0.25, 0.3) is 11.6 Å². The van der Waals surface area contributed by atoms with Gasteiger partial charge in [-0.1, -0.05) is 35.5 Å². The van der Waals surface area contributed by atoms with Gasteiger partial charge in [0, 0.05) is 18.9 Å². The van der Waals surface area contributed by atoms with Crippen molar-refractivity contribution >= 4 is 0 Å². The van der Waals surface area contributed by atoms with Gasteiger partial charge >= 0.3 is 5.76 Å². The molecule has 25 heavy (non-hydrogen) atoms. The third-order valence-corrected chi connectivity index (χ3v) is 5.01. The fourth-order valence-corrected chi connectivity index (χ4v) is 3.67. The Labute approximate surface area is 145 Å². The van der Waals surface area contributed by atoms with Crippen LogP contribution in [0.15, 0.2) is 58.1 Å². The lowest BCUT2D eigenvalue weighted by atomic mass is 9.78. The molecule has 1 aliphatic carbocycles. The Bertz CT molecular complexity index is 865. The van der Waals surface area contributed by atoms with Gasteiger partial charge in [0.2, 0.25) is 5.82 Å². The Balaban J connectivity index is 1.46. The van der Waals surface area contributed by atoms with Gasteiger partial charge in [0.05, 0.1) is 0 Å². The maximum absolute atomic E-state index is 12.1. The molecule has 3 aromatic rings. The molecule has 0 radical (unpaired) electrons. The van der Waals surface area contributed by atoms with Gasteiger partial charge in [-0.3, -0.25) is 9.09 Å². The highest BCUT2D eigenvalue weighted by Gasteiger charge is 2.25. The predicted molar refractivity (Wildman–Crippen MR) is 92.9 cm³/mol. The van der Waals surface area contributed by atoms with E-state index >= 15 is 0 Å². The van der Waals surface area contributed by atoms with Crippen LogP contribution in [0.5, 0.6) is 0 Å². The summed E-state index contributed by atoms with van der Waals surface area (Å²) in [5, 5.41) is 3.86. The quantitative estimate of drug-likeness (QED) is 0.731. The lowest BCUT2D eigenvalue weighted by Gasteiger charge is -2.28. The summed E-state index contributed by atoms with van der Waals surface area (Å²) in [6.45, 7) is 0.609. The lowest BCUT2D eigenvalue weighted by molar-refractivity contribution is 0.284. The largest absolute Gasteiger partial charge is 0.441 e. The first-order valence-corrected chi connectivity index (χ1v) is 8.70. The van der Waals surface area contributed by atoms with Crippen molar-refractivity contribution in [1.82, 2.24) is 19.7 Å². The zero-order valence-electron chi connectivity index (χ0n) is 13.9. The number of nitrogens with zero attached hydrogens (tertiary/aromatic N) is 4. The molecule has 0 unspecified atom stereocenters. The van der Waals surface area contributed by atoms with Gasteiger partial charge in [0.15, 0.2) is 5.82 Å². The molecule has 0 amide bonds. The lowest BCUT2D eigenvalue weighted by Crippen LogP contribution is -2.24. The topological polar surface area (TPSA) is 73.8 Å². The second-order valence-corrected chi connectivity index (χ2v) is 6.58. The smallest absolute Gasteiger partial charge is 0.295 e. The van der Waals surface area contributed by atoms with Crippen LogP contribution in [0.3, 0.4) is 0 Å². The van der Waals surface area contributed by atoms with Crippen LogP contribution < -0.4 is 5.76 Å². The zero-order valence-corrected chi connectivity index (χ0v) is 13.9. The Morgan fingerprint density at radius 3 is 2.44 bits per heavy atom. The molecule has 1 fully saturated rings. The number of aromatic nitrogens is 4. The van der Waals surface area contributed by atoms with Gasteiger partial charge in [-0.15, -0.1) is 0 Å². The van der Waals surface area contributed by atoms with Crippen molar-refractivity contribution in [1.29, 1.82) is 0 Å². The summed E-state index contributed by atoms with van der Waals surface area (Å²) in [7, 11) is 0. The standard InChI is InChI=1S/C19H20N4O2/c24-19-23(18(22-25-19)17-20-11-4-12-21-17)13-14-7-9-16(10-8-14)15-5-2-1-3-6-15/h1-6,11-12,14,16H,7-10,13H2. The van der Waals surface area contributed by atoms with Crippen molar-refractivity contribution in [3.8, 4) is 11.6 Å². The molecule has 4 rings (SSSR count). The van der Waals surface area contributed by atoms with Gasteiger partial charge < -0.3 is 0 Å². The molecule has 0 aliphatic heterocycles. The number of rotatable bonds is 4. The van der Waals surface area contributed by atoms with E-state index in [2.05, 4.69) is 45.5 Å². The minimum atomic E-state index is -0.437. The van der Waals surface area contributed by atoms with E-state index in [1.165, 1.54) is 5.56 Å². The highest BCUT2D eigenvalue weighted by molar-refractivity contribution is 5.41. The molecule has 1 aromatic carbocycles. The second kappa shape index (κ2) is 7.01. The van der Waals surface area contributed by atoms with E-state index in [0.717, 1.165) is 25.7 Å². The van der Waals surface area contributed by atoms with Gasteiger partial charge in [-0.25, -0.2) is 14.8 Å². The summed E-state index contributed by atoms with van der Waals surface area (Å²) in [4.78, 5) is 20.4. The highest BCUT2D eigenvalue weighted by atomic mass is 16.5. The summed E-state index contributed by atoms with van der Waals surface area (Å²) in [5.74, 6) is 1.46. The van der Waals surface area contributed by atoms with Crippen LogP contribution in [-0.4, -0.2) is 19.7 Å². The third kappa shape index (κ3) is 3.38. The van der Waals surface area contributed by atoms with Crippen LogP contribution in [0.1, 0.15) is 37.2 Å². The molecule has 1 saturated carbocycles. The van der Waals surface area contributed by atoms with Crippen molar-refractivity contribution in [2.24, 2.45) is 5.92 Å². The molecule has 128 valence electrons. The maximum atomic E-state index is 12.1. The van der Waals surface area contributed by atoms with Gasteiger partial charge in [-0.2, -0.15) is 0 Å². The molecule has 0 spiro atoms. The van der Waals surface area contributed by atoms with E-state index < -0.39 is 5.76 Å². The average molecular weight is 336 g/mol.